The topological polar surface area (TPSA) is 26.3 Å². The number of carbonyl (C=O) groups is 1. The summed E-state index contributed by atoms with van der Waals surface area (Å²) >= 11 is 12.9. The van der Waals surface area contributed by atoms with Gasteiger partial charge in [0.05, 0.1) is 4.83 Å². The van der Waals surface area contributed by atoms with E-state index in [0.29, 0.717) is 11.1 Å². The van der Waals surface area contributed by atoms with Crippen LogP contribution in [0.1, 0.15) is 6.92 Å². The van der Waals surface area contributed by atoms with Crippen molar-refractivity contribution in [1.29, 1.82) is 0 Å². The zero-order chi connectivity index (χ0) is 10.4. The highest BCUT2D eigenvalue weighted by atomic mass is 79.9. The second-order valence-electron chi connectivity index (χ2n) is 2.20. The third-order valence-corrected chi connectivity index (χ3v) is 5.13. The number of hydrogen-bond donors (Lipinski definition) is 0. The Balaban J connectivity index is 3.96. The smallest absolute Gasteiger partial charge is 0.346 e. The summed E-state index contributed by atoms with van der Waals surface area (Å²) in [6.45, 7) is 2.11. The minimum Gasteiger partial charge on any atom is -0.460 e. The molecule has 0 spiro atoms. The van der Waals surface area contributed by atoms with Gasteiger partial charge in [0, 0.05) is 9.81 Å². The number of rotatable bonds is 4. The highest BCUT2D eigenvalue weighted by molar-refractivity contribution is 9.14. The second kappa shape index (κ2) is 7.43. The lowest BCUT2D eigenvalue weighted by molar-refractivity contribution is -0.137. The van der Waals surface area contributed by atoms with Crippen molar-refractivity contribution >= 4 is 69.7 Å². The third-order valence-electron chi connectivity index (χ3n) is 1.04. The van der Waals surface area contributed by atoms with Crippen molar-refractivity contribution in [2.24, 2.45) is 0 Å². The van der Waals surface area contributed by atoms with E-state index in [1.165, 1.54) is 0 Å². The van der Waals surface area contributed by atoms with E-state index in [0.717, 1.165) is 9.81 Å². The van der Waals surface area contributed by atoms with Gasteiger partial charge in [-0.25, -0.2) is 4.79 Å². The van der Waals surface area contributed by atoms with Gasteiger partial charge in [-0.15, -0.1) is 0 Å². The summed E-state index contributed by atoms with van der Waals surface area (Å²) in [6.07, 6.45) is 0. The molecule has 2 nitrogen and oxygen atoms in total. The molecule has 0 saturated heterocycles. The van der Waals surface area contributed by atoms with Crippen LogP contribution in [0.2, 0.25) is 0 Å². The van der Waals surface area contributed by atoms with E-state index < -0.39 is 0 Å². The van der Waals surface area contributed by atoms with E-state index in [-0.39, 0.29) is 10.8 Å². The maximum absolute atomic E-state index is 11.2. The van der Waals surface area contributed by atoms with E-state index in [9.17, 15) is 4.79 Å². The predicted molar refractivity (Wildman–Crippen MR) is 68.0 cm³/mol. The Morgan fingerprint density at radius 1 is 1.46 bits per heavy atom. The van der Waals surface area contributed by atoms with Gasteiger partial charge >= 0.3 is 5.97 Å². The number of alkyl halides is 2. The van der Waals surface area contributed by atoms with Crippen LogP contribution in [0.3, 0.4) is 0 Å². The first-order valence-corrected chi connectivity index (χ1v) is 7.00. The maximum atomic E-state index is 11.2. The number of hydrogen-bond acceptors (Lipinski definition) is 2. The molecular formula is C7H8Br4O2. The van der Waals surface area contributed by atoms with Gasteiger partial charge in [-0.3, -0.25) is 0 Å². The molecule has 1 unspecified atom stereocenters. The molecule has 76 valence electrons. The summed E-state index contributed by atoms with van der Waals surface area (Å²) in [5, 5.41) is 0.745. The van der Waals surface area contributed by atoms with E-state index in [4.69, 9.17) is 4.74 Å². The lowest BCUT2D eigenvalue weighted by Crippen LogP contribution is -2.14. The van der Waals surface area contributed by atoms with Crippen molar-refractivity contribution in [3.63, 3.8) is 0 Å². The summed E-state index contributed by atoms with van der Waals surface area (Å²) < 4.78 is 6.11. The van der Waals surface area contributed by atoms with Crippen LogP contribution >= 0.6 is 63.7 Å². The number of carbonyl (C=O) groups excluding carboxylic acids is 1. The van der Waals surface area contributed by atoms with Crippen molar-refractivity contribution in [3.05, 3.63) is 8.96 Å². The molecule has 0 amide bonds. The van der Waals surface area contributed by atoms with E-state index in [1.807, 2.05) is 0 Å². The van der Waals surface area contributed by atoms with Crippen LogP contribution in [0, 0.1) is 0 Å². The molecule has 0 rings (SSSR count). The molecule has 6 heteroatoms. The van der Waals surface area contributed by atoms with Crippen LogP contribution in [-0.2, 0) is 9.53 Å². The standard InChI is InChI=1S/C7H8Br4O2/c1-4(9)6(11)7(12)13-3-5(10)2-8/h5H,2-3H2,1H3/b6-4+. The molecular weight excluding hydrogens is 436 g/mol. The Morgan fingerprint density at radius 3 is 2.38 bits per heavy atom. The molecule has 0 N–H and O–H groups in total. The summed E-state index contributed by atoms with van der Waals surface area (Å²) in [6, 6.07) is 0. The van der Waals surface area contributed by atoms with Crippen molar-refractivity contribution in [2.45, 2.75) is 11.8 Å². The van der Waals surface area contributed by atoms with Gasteiger partial charge in [0.2, 0.25) is 0 Å². The molecule has 13 heavy (non-hydrogen) atoms. The number of allylic oxidation sites excluding steroid dienone is 1. The van der Waals surface area contributed by atoms with Gasteiger partial charge in [0.15, 0.2) is 0 Å². The summed E-state index contributed by atoms with van der Waals surface area (Å²) in [7, 11) is 0. The highest BCUT2D eigenvalue weighted by Crippen LogP contribution is 2.18. The van der Waals surface area contributed by atoms with Crippen LogP contribution in [-0.4, -0.2) is 22.7 Å². The number of esters is 1. The number of ether oxygens (including phenoxy) is 1. The molecule has 1 atom stereocenters. The van der Waals surface area contributed by atoms with E-state index >= 15 is 0 Å². The van der Waals surface area contributed by atoms with Crippen molar-refractivity contribution in [2.75, 3.05) is 11.9 Å². The minimum atomic E-state index is -0.361. The van der Waals surface area contributed by atoms with Gasteiger partial charge in [0.1, 0.15) is 11.1 Å². The predicted octanol–water partition coefficient (Wildman–Crippen LogP) is 3.71. The van der Waals surface area contributed by atoms with Crippen LogP contribution in [0.5, 0.6) is 0 Å². The Hall–Kier alpha value is 1.13. The molecule has 0 saturated carbocycles. The second-order valence-corrected chi connectivity index (χ2v) is 6.12. The molecule has 0 radical (unpaired) electrons. The van der Waals surface area contributed by atoms with Gasteiger partial charge in [0.25, 0.3) is 0 Å². The first kappa shape index (κ1) is 14.1. The summed E-state index contributed by atoms with van der Waals surface area (Å²) in [5.74, 6) is -0.361. The van der Waals surface area contributed by atoms with E-state index in [1.54, 1.807) is 6.92 Å². The van der Waals surface area contributed by atoms with Crippen LogP contribution in [0.15, 0.2) is 8.96 Å². The minimum absolute atomic E-state index is 0.146. The van der Waals surface area contributed by atoms with Crippen LogP contribution in [0.4, 0.5) is 0 Å². The third kappa shape index (κ3) is 6.25. The molecule has 0 fully saturated rings. The zero-order valence-electron chi connectivity index (χ0n) is 6.82. The van der Waals surface area contributed by atoms with Gasteiger partial charge in [-0.05, 0) is 22.9 Å². The summed E-state index contributed by atoms with van der Waals surface area (Å²) in [4.78, 5) is 11.4. The Bertz CT molecular complexity index is 211. The molecule has 0 aromatic carbocycles. The van der Waals surface area contributed by atoms with Crippen molar-refractivity contribution < 1.29 is 9.53 Å². The molecule has 0 heterocycles. The van der Waals surface area contributed by atoms with Gasteiger partial charge in [-0.2, -0.15) is 0 Å². The Labute approximate surface area is 111 Å². The Morgan fingerprint density at radius 2 is 2.00 bits per heavy atom. The lowest BCUT2D eigenvalue weighted by atomic mass is 10.5. The maximum Gasteiger partial charge on any atom is 0.346 e. The SMILES string of the molecule is C/C(Br)=C(\Br)C(=O)OCC(Br)CBr. The average Bonchev–Trinajstić information content (AvgIpc) is 2.11. The van der Waals surface area contributed by atoms with Gasteiger partial charge in [-0.1, -0.05) is 47.8 Å². The molecule has 0 aliphatic rings. The van der Waals surface area contributed by atoms with Crippen molar-refractivity contribution in [1.82, 2.24) is 0 Å². The highest BCUT2D eigenvalue weighted by Gasteiger charge is 2.12. The average molecular weight is 444 g/mol. The molecule has 0 aromatic heterocycles. The largest absolute Gasteiger partial charge is 0.460 e. The Kier molecular flexibility index (Phi) is 8.07. The lowest BCUT2D eigenvalue weighted by Gasteiger charge is -2.07. The normalized spacial score (nSPS) is 14.8. The fraction of sp³-hybridized carbons (Fsp3) is 0.571. The monoisotopic (exact) mass is 440 g/mol. The van der Waals surface area contributed by atoms with E-state index in [2.05, 4.69) is 63.7 Å². The molecule has 0 aromatic rings. The first-order valence-electron chi connectivity index (χ1n) is 3.38. The summed E-state index contributed by atoms with van der Waals surface area (Å²) in [5.41, 5.74) is 0. The van der Waals surface area contributed by atoms with Crippen molar-refractivity contribution in [3.8, 4) is 0 Å². The first-order chi connectivity index (χ1) is 5.99. The quantitative estimate of drug-likeness (QED) is 0.376. The fourth-order valence-corrected chi connectivity index (χ4v) is 1.01. The number of halogens is 4. The van der Waals surface area contributed by atoms with Gasteiger partial charge < -0.3 is 4.74 Å². The van der Waals surface area contributed by atoms with Crippen LogP contribution in [0.25, 0.3) is 0 Å². The molecule has 0 aliphatic heterocycles. The zero-order valence-corrected chi connectivity index (χ0v) is 13.2. The molecule has 0 bridgehead atoms. The fourth-order valence-electron chi connectivity index (χ4n) is 0.415. The van der Waals surface area contributed by atoms with Crippen LogP contribution < -0.4 is 0 Å². The molecule has 0 aliphatic carbocycles.